The number of halogens is 3. The molecule has 0 aliphatic heterocycles. The minimum absolute atomic E-state index is 0. The molecule has 174 valence electrons. The Balaban J connectivity index is 0.00000166. The first-order valence-corrected chi connectivity index (χ1v) is 9.41. The highest BCUT2D eigenvalue weighted by atomic mass is 19.4. The van der Waals surface area contributed by atoms with Gasteiger partial charge in [-0.25, -0.2) is 0 Å². The van der Waals surface area contributed by atoms with Gasteiger partial charge in [0, 0.05) is 16.6 Å². The number of hydrogen-bond acceptors (Lipinski definition) is 4. The number of hydrogen-bond donors (Lipinski definition) is 1. The Labute approximate surface area is 184 Å². The Morgan fingerprint density at radius 3 is 2.09 bits per heavy atom. The number of nitrogens with zero attached hydrogens (tertiary/aromatic N) is 1. The molecule has 2 aromatic carbocycles. The number of rotatable bonds is 5. The van der Waals surface area contributed by atoms with Crippen LogP contribution in [-0.4, -0.2) is 35.0 Å². The first-order valence-electron chi connectivity index (χ1n) is 9.41. The monoisotopic (exact) mass is 453 g/mol. The van der Waals surface area contributed by atoms with Gasteiger partial charge in [0.25, 0.3) is 5.91 Å². The van der Waals surface area contributed by atoms with Gasteiger partial charge in [-0.2, -0.15) is 0 Å². The van der Waals surface area contributed by atoms with Gasteiger partial charge in [-0.05, 0) is 55.0 Å². The van der Waals surface area contributed by atoms with Crippen molar-refractivity contribution in [3.05, 3.63) is 59.3 Å². The average molecular weight is 453 g/mol. The summed E-state index contributed by atoms with van der Waals surface area (Å²) in [6.45, 7) is 5.61. The fourth-order valence-corrected chi connectivity index (χ4v) is 3.15. The number of ether oxygens (including phenoxy) is 2. The van der Waals surface area contributed by atoms with Crippen molar-refractivity contribution >= 4 is 22.8 Å². The molecular formula is C23H26F3NO5. The van der Waals surface area contributed by atoms with Crippen LogP contribution in [0.25, 0.3) is 10.9 Å². The van der Waals surface area contributed by atoms with Gasteiger partial charge < -0.3 is 14.6 Å². The summed E-state index contributed by atoms with van der Waals surface area (Å²) >= 11 is 0. The third-order valence-electron chi connectivity index (χ3n) is 4.41. The number of methoxy groups -OCH3 is 1. The van der Waals surface area contributed by atoms with E-state index < -0.39 is 24.0 Å². The zero-order valence-electron chi connectivity index (χ0n) is 17.4. The molecular weight excluding hydrogens is 427 g/mol. The lowest BCUT2D eigenvalue weighted by Crippen LogP contribution is -2.17. The molecule has 0 bridgehead atoms. The lowest BCUT2D eigenvalue weighted by molar-refractivity contribution is -0.274. The molecule has 0 radical (unpaired) electrons. The van der Waals surface area contributed by atoms with Crippen molar-refractivity contribution in [2.24, 2.45) is 0 Å². The summed E-state index contributed by atoms with van der Waals surface area (Å²) in [6.07, 6.45) is -5.13. The summed E-state index contributed by atoms with van der Waals surface area (Å²) in [5, 5.41) is 9.78. The van der Waals surface area contributed by atoms with Crippen LogP contribution in [0.2, 0.25) is 0 Å². The zero-order chi connectivity index (χ0) is 23.3. The van der Waals surface area contributed by atoms with Crippen LogP contribution in [0.1, 0.15) is 42.9 Å². The lowest BCUT2D eigenvalue weighted by atomic mass is 10.1. The van der Waals surface area contributed by atoms with Crippen molar-refractivity contribution in [1.82, 2.24) is 4.57 Å². The number of alkyl halides is 3. The number of aliphatic carboxylic acids is 1. The van der Waals surface area contributed by atoms with Gasteiger partial charge in [0.15, 0.2) is 0 Å². The van der Waals surface area contributed by atoms with Crippen LogP contribution < -0.4 is 9.47 Å². The third kappa shape index (κ3) is 5.81. The molecule has 32 heavy (non-hydrogen) atoms. The Bertz CT molecular complexity index is 1090. The van der Waals surface area contributed by atoms with Crippen LogP contribution in [0, 0.1) is 6.92 Å². The predicted molar refractivity (Wildman–Crippen MR) is 115 cm³/mol. The lowest BCUT2D eigenvalue weighted by Gasteiger charge is -2.10. The van der Waals surface area contributed by atoms with Gasteiger partial charge in [-0.3, -0.25) is 14.2 Å². The van der Waals surface area contributed by atoms with Gasteiger partial charge >= 0.3 is 12.3 Å². The van der Waals surface area contributed by atoms with E-state index in [-0.39, 0.29) is 19.4 Å². The van der Waals surface area contributed by atoms with Crippen molar-refractivity contribution in [1.29, 1.82) is 0 Å². The number of benzene rings is 2. The molecule has 1 N–H and O–H groups in total. The summed E-state index contributed by atoms with van der Waals surface area (Å²) < 4.78 is 47.3. The highest BCUT2D eigenvalue weighted by molar-refractivity contribution is 6.05. The van der Waals surface area contributed by atoms with Crippen LogP contribution in [0.4, 0.5) is 13.2 Å². The smallest absolute Gasteiger partial charge is 0.497 e. The summed E-state index contributed by atoms with van der Waals surface area (Å²) in [7, 11) is 1.47. The number of carbonyl (C=O) groups excluding carboxylic acids is 1. The standard InChI is InChI=1S/C20H16F3NO5.C2H6.CH4/c1-11-15(10-18(25)26)16-9-14(28-2)7-8-17(16)24(11)19(27)12-3-5-13(6-4-12)29-20(21,22)23;1-2;/h3-9H,10H2,1-2H3,(H,25,26);1-2H3;1H4. The van der Waals surface area contributed by atoms with Crippen LogP contribution in [-0.2, 0) is 11.2 Å². The van der Waals surface area contributed by atoms with E-state index in [2.05, 4.69) is 4.74 Å². The van der Waals surface area contributed by atoms with Crippen LogP contribution in [0.3, 0.4) is 0 Å². The molecule has 9 heteroatoms. The van der Waals surface area contributed by atoms with Crippen molar-refractivity contribution in [2.45, 2.75) is 41.0 Å². The molecule has 1 heterocycles. The van der Waals surface area contributed by atoms with Gasteiger partial charge in [0.05, 0.1) is 19.0 Å². The van der Waals surface area contributed by atoms with Gasteiger partial charge in [-0.1, -0.05) is 21.3 Å². The minimum Gasteiger partial charge on any atom is -0.497 e. The molecule has 0 saturated heterocycles. The van der Waals surface area contributed by atoms with Gasteiger partial charge in [-0.15, -0.1) is 13.2 Å². The van der Waals surface area contributed by atoms with E-state index in [1.54, 1.807) is 25.1 Å². The predicted octanol–water partition coefficient (Wildman–Crippen LogP) is 5.83. The third-order valence-corrected chi connectivity index (χ3v) is 4.41. The number of carboxylic acid groups (broad SMARTS) is 1. The van der Waals surface area contributed by atoms with Gasteiger partial charge in [0.1, 0.15) is 11.5 Å². The molecule has 0 saturated carbocycles. The molecule has 0 spiro atoms. The maximum absolute atomic E-state index is 13.1. The second kappa shape index (κ2) is 10.7. The van der Waals surface area contributed by atoms with E-state index in [0.717, 1.165) is 12.1 Å². The number of aromatic nitrogens is 1. The first-order chi connectivity index (χ1) is 14.6. The maximum Gasteiger partial charge on any atom is 0.573 e. The number of fused-ring (bicyclic) bond motifs is 1. The highest BCUT2D eigenvalue weighted by Crippen LogP contribution is 2.31. The molecule has 3 aromatic rings. The molecule has 3 rings (SSSR count). The van der Waals surface area contributed by atoms with Crippen molar-refractivity contribution in [3.63, 3.8) is 0 Å². The topological polar surface area (TPSA) is 77.8 Å². The molecule has 0 atom stereocenters. The van der Waals surface area contributed by atoms with Crippen LogP contribution >= 0.6 is 0 Å². The fourth-order valence-electron chi connectivity index (χ4n) is 3.15. The highest BCUT2D eigenvalue weighted by Gasteiger charge is 2.31. The number of carboxylic acids is 1. The minimum atomic E-state index is -4.83. The van der Waals surface area contributed by atoms with Crippen LogP contribution in [0.5, 0.6) is 11.5 Å². The summed E-state index contributed by atoms with van der Waals surface area (Å²) in [5.74, 6) is -1.51. The molecule has 0 unspecified atom stereocenters. The summed E-state index contributed by atoms with van der Waals surface area (Å²) in [5.41, 5.74) is 1.48. The largest absolute Gasteiger partial charge is 0.573 e. The summed E-state index contributed by atoms with van der Waals surface area (Å²) in [6, 6.07) is 9.43. The molecule has 0 aliphatic carbocycles. The molecule has 0 amide bonds. The molecule has 6 nitrogen and oxygen atoms in total. The molecule has 1 aromatic heterocycles. The van der Waals surface area contributed by atoms with E-state index in [0.29, 0.717) is 27.9 Å². The fraction of sp³-hybridized carbons (Fsp3) is 0.304. The first kappa shape index (κ1) is 26.5. The van der Waals surface area contributed by atoms with Crippen LogP contribution in [0.15, 0.2) is 42.5 Å². The Hall–Kier alpha value is -3.49. The average Bonchev–Trinajstić information content (AvgIpc) is 2.98. The summed E-state index contributed by atoms with van der Waals surface area (Å²) in [4.78, 5) is 24.3. The zero-order valence-corrected chi connectivity index (χ0v) is 17.4. The van der Waals surface area contributed by atoms with E-state index in [9.17, 15) is 27.9 Å². The van der Waals surface area contributed by atoms with E-state index in [1.165, 1.54) is 23.8 Å². The van der Waals surface area contributed by atoms with E-state index >= 15 is 0 Å². The normalized spacial score (nSPS) is 10.6. The van der Waals surface area contributed by atoms with Gasteiger partial charge in [0.2, 0.25) is 0 Å². The molecule has 0 fully saturated rings. The van der Waals surface area contributed by atoms with Crippen molar-refractivity contribution in [2.75, 3.05) is 7.11 Å². The Morgan fingerprint density at radius 1 is 1.03 bits per heavy atom. The van der Waals surface area contributed by atoms with E-state index in [4.69, 9.17) is 4.74 Å². The second-order valence-corrected chi connectivity index (χ2v) is 6.23. The molecule has 0 aliphatic rings. The quantitative estimate of drug-likeness (QED) is 0.526. The van der Waals surface area contributed by atoms with Crippen molar-refractivity contribution in [3.8, 4) is 11.5 Å². The van der Waals surface area contributed by atoms with Crippen molar-refractivity contribution < 1.29 is 37.3 Å². The second-order valence-electron chi connectivity index (χ2n) is 6.23. The Kier molecular flexibility index (Phi) is 8.87. The number of carbonyl (C=O) groups is 2. The Morgan fingerprint density at radius 2 is 1.59 bits per heavy atom. The maximum atomic E-state index is 13.1. The SMILES string of the molecule is C.CC.COc1ccc2c(c1)c(CC(=O)O)c(C)n2C(=O)c1ccc(OC(F)(F)F)cc1. The van der Waals surface area contributed by atoms with E-state index in [1.807, 2.05) is 13.8 Å².